The molecule has 4 rings (SSSR count). The molecule has 3 aliphatic rings. The van der Waals surface area contributed by atoms with Crippen molar-refractivity contribution in [3.63, 3.8) is 0 Å². The molecule has 0 aromatic heterocycles. The Morgan fingerprint density at radius 3 is 2.88 bits per heavy atom. The number of hydrogen-bond acceptors (Lipinski definition) is 3. The normalized spacial score (nSPS) is 28.4. The first-order valence-electron chi connectivity index (χ1n) is 6.36. The molecule has 2 unspecified atom stereocenters. The molecule has 3 nitrogen and oxygen atoms in total. The number of hydrogen-bond donors (Lipinski definition) is 0. The van der Waals surface area contributed by atoms with Gasteiger partial charge in [0.05, 0.1) is 7.11 Å². The van der Waals surface area contributed by atoms with E-state index in [-0.39, 0.29) is 6.04 Å². The molecule has 0 amide bonds. The summed E-state index contributed by atoms with van der Waals surface area (Å²) >= 11 is 0. The molecular weight excluding hydrogens is 214 g/mol. The van der Waals surface area contributed by atoms with Crippen molar-refractivity contribution in [1.82, 2.24) is 5.06 Å². The van der Waals surface area contributed by atoms with Crippen LogP contribution in [0.2, 0.25) is 0 Å². The van der Waals surface area contributed by atoms with Gasteiger partial charge in [-0.2, -0.15) is 0 Å². The van der Waals surface area contributed by atoms with Gasteiger partial charge in [-0.3, -0.25) is 0 Å². The summed E-state index contributed by atoms with van der Waals surface area (Å²) in [5.41, 5.74) is 2.72. The van der Waals surface area contributed by atoms with Crippen LogP contribution in [0.5, 0.6) is 5.75 Å². The Hall–Kier alpha value is -1.06. The maximum Gasteiger partial charge on any atom is 0.119 e. The first kappa shape index (κ1) is 11.1. The number of methoxy groups -OCH3 is 1. The van der Waals surface area contributed by atoms with Gasteiger partial charge in [-0.05, 0) is 61.4 Å². The first-order valence-corrected chi connectivity index (χ1v) is 6.36. The van der Waals surface area contributed by atoms with E-state index in [1.807, 2.05) is 6.07 Å². The third-order valence-electron chi connectivity index (χ3n) is 4.13. The number of ether oxygens (including phenoxy) is 1. The van der Waals surface area contributed by atoms with Gasteiger partial charge in [-0.25, -0.2) is 0 Å². The highest BCUT2D eigenvalue weighted by Gasteiger charge is 2.27. The van der Waals surface area contributed by atoms with E-state index >= 15 is 0 Å². The van der Waals surface area contributed by atoms with E-state index in [4.69, 9.17) is 4.74 Å². The average molecular weight is 232 g/mol. The molecule has 17 heavy (non-hydrogen) atoms. The number of piperidine rings is 1. The van der Waals surface area contributed by atoms with Gasteiger partial charge in [-0.1, -0.05) is 6.07 Å². The van der Waals surface area contributed by atoms with Gasteiger partial charge in [0, 0.05) is 6.04 Å². The molecule has 0 saturated carbocycles. The quantitative estimate of drug-likeness (QED) is 0.745. The van der Waals surface area contributed by atoms with Crippen molar-refractivity contribution in [3.8, 4) is 5.75 Å². The van der Waals surface area contributed by atoms with E-state index in [9.17, 15) is 5.21 Å². The van der Waals surface area contributed by atoms with E-state index < -0.39 is 0 Å². The first-order chi connectivity index (χ1) is 8.26. The van der Waals surface area contributed by atoms with E-state index in [1.165, 1.54) is 22.6 Å². The Kier molecular flexibility index (Phi) is 2.81. The van der Waals surface area contributed by atoms with Crippen molar-refractivity contribution >= 4 is 0 Å². The fourth-order valence-corrected chi connectivity index (χ4v) is 3.12. The number of hydroxylamine groups is 2. The van der Waals surface area contributed by atoms with Gasteiger partial charge in [0.25, 0.3) is 0 Å². The Morgan fingerprint density at radius 2 is 2.12 bits per heavy atom. The summed E-state index contributed by atoms with van der Waals surface area (Å²) < 4.78 is 5.28. The zero-order chi connectivity index (χ0) is 11.8. The molecule has 92 valence electrons. The fraction of sp³-hybridized carbons (Fsp3) is 0.571. The Balaban J connectivity index is 1.96. The van der Waals surface area contributed by atoms with Crippen molar-refractivity contribution in [2.45, 2.75) is 31.7 Å². The van der Waals surface area contributed by atoms with Crippen LogP contribution < -0.4 is 4.74 Å². The SMILES string of the molecule is COc1ccc2c(c1)CC1CCC(C2)N([O-])C1. The maximum atomic E-state index is 11.9. The van der Waals surface area contributed by atoms with Crippen LogP contribution in [0.25, 0.3) is 0 Å². The zero-order valence-electron chi connectivity index (χ0n) is 10.2. The minimum Gasteiger partial charge on any atom is -0.785 e. The average Bonchev–Trinajstić information content (AvgIpc) is 2.30. The molecule has 1 aromatic rings. The molecule has 1 aliphatic carbocycles. The standard InChI is InChI=1S/C14H18NO2/c1-17-14-5-3-11-7-13-4-2-10(9-15(13)16)6-12(11)8-14/h3,5,8,10,13H,2,4,6-7,9H2,1H3/q-1. The van der Waals surface area contributed by atoms with Crippen LogP contribution in [-0.4, -0.2) is 24.8 Å². The van der Waals surface area contributed by atoms with Crippen molar-refractivity contribution < 1.29 is 4.74 Å². The molecule has 0 radical (unpaired) electrons. The summed E-state index contributed by atoms with van der Waals surface area (Å²) in [6.45, 7) is 0.710. The second-order valence-corrected chi connectivity index (χ2v) is 5.24. The van der Waals surface area contributed by atoms with Gasteiger partial charge < -0.3 is 15.0 Å². The molecular formula is C14H18NO2-. The van der Waals surface area contributed by atoms with Crippen molar-refractivity contribution in [1.29, 1.82) is 0 Å². The Bertz CT molecular complexity index is 419. The van der Waals surface area contributed by atoms with Crippen LogP contribution in [0.4, 0.5) is 0 Å². The fourth-order valence-electron chi connectivity index (χ4n) is 3.12. The summed E-state index contributed by atoms with van der Waals surface area (Å²) in [4.78, 5) is 0. The number of rotatable bonds is 1. The Labute approximate surface area is 102 Å². The molecule has 0 N–H and O–H groups in total. The third-order valence-corrected chi connectivity index (χ3v) is 4.13. The molecule has 2 bridgehead atoms. The van der Waals surface area contributed by atoms with E-state index in [0.29, 0.717) is 12.5 Å². The van der Waals surface area contributed by atoms with Crippen LogP contribution in [0, 0.1) is 11.1 Å². The zero-order valence-corrected chi connectivity index (χ0v) is 10.2. The van der Waals surface area contributed by atoms with Crippen molar-refractivity contribution in [3.05, 3.63) is 34.5 Å². The Morgan fingerprint density at radius 1 is 1.24 bits per heavy atom. The molecule has 2 atom stereocenters. The van der Waals surface area contributed by atoms with Crippen molar-refractivity contribution in [2.75, 3.05) is 13.7 Å². The number of fused-ring (bicyclic) bond motifs is 2. The minimum atomic E-state index is 0.193. The summed E-state index contributed by atoms with van der Waals surface area (Å²) in [7, 11) is 1.70. The van der Waals surface area contributed by atoms with Gasteiger partial charge in [0.2, 0.25) is 0 Å². The predicted molar refractivity (Wildman–Crippen MR) is 67.0 cm³/mol. The molecule has 3 heteroatoms. The molecule has 2 heterocycles. The lowest BCUT2D eigenvalue weighted by molar-refractivity contribution is 0.153. The second kappa shape index (κ2) is 4.31. The molecule has 1 fully saturated rings. The van der Waals surface area contributed by atoms with Gasteiger partial charge in [0.1, 0.15) is 5.75 Å². The second-order valence-electron chi connectivity index (χ2n) is 5.24. The van der Waals surface area contributed by atoms with E-state index in [0.717, 1.165) is 25.0 Å². The van der Waals surface area contributed by atoms with Crippen LogP contribution in [0.3, 0.4) is 0 Å². The van der Waals surface area contributed by atoms with Gasteiger partial charge in [-0.15, -0.1) is 0 Å². The summed E-state index contributed by atoms with van der Waals surface area (Å²) in [5.74, 6) is 1.45. The van der Waals surface area contributed by atoms with Crippen LogP contribution in [0.15, 0.2) is 18.2 Å². The molecule has 1 saturated heterocycles. The van der Waals surface area contributed by atoms with Crippen LogP contribution >= 0.6 is 0 Å². The summed E-state index contributed by atoms with van der Waals surface area (Å²) in [6.07, 6.45) is 4.17. The highest BCUT2D eigenvalue weighted by Crippen LogP contribution is 2.33. The van der Waals surface area contributed by atoms with E-state index in [1.54, 1.807) is 7.11 Å². The molecule has 1 aromatic carbocycles. The largest absolute Gasteiger partial charge is 0.785 e. The molecule has 0 spiro atoms. The maximum absolute atomic E-state index is 11.9. The summed E-state index contributed by atoms with van der Waals surface area (Å²) in [6, 6.07) is 6.47. The van der Waals surface area contributed by atoms with Crippen molar-refractivity contribution in [2.24, 2.45) is 5.92 Å². The van der Waals surface area contributed by atoms with Gasteiger partial charge >= 0.3 is 0 Å². The smallest absolute Gasteiger partial charge is 0.119 e. The number of benzene rings is 1. The van der Waals surface area contributed by atoms with E-state index in [2.05, 4.69) is 12.1 Å². The number of nitrogens with zero attached hydrogens (tertiary/aromatic N) is 1. The lowest BCUT2D eigenvalue weighted by Gasteiger charge is -2.46. The highest BCUT2D eigenvalue weighted by molar-refractivity contribution is 5.37. The van der Waals surface area contributed by atoms with Crippen LogP contribution in [0.1, 0.15) is 24.0 Å². The molecule has 2 aliphatic heterocycles. The monoisotopic (exact) mass is 232 g/mol. The van der Waals surface area contributed by atoms with Crippen LogP contribution in [-0.2, 0) is 12.8 Å². The highest BCUT2D eigenvalue weighted by atomic mass is 16.5. The summed E-state index contributed by atoms with van der Waals surface area (Å²) in [5, 5.41) is 13.2. The van der Waals surface area contributed by atoms with Gasteiger partial charge in [0.15, 0.2) is 0 Å². The third kappa shape index (κ3) is 2.05. The predicted octanol–water partition coefficient (Wildman–Crippen LogP) is 2.37. The lowest BCUT2D eigenvalue weighted by atomic mass is 9.81. The topological polar surface area (TPSA) is 35.5 Å². The minimum absolute atomic E-state index is 0.193. The lowest BCUT2D eigenvalue weighted by Crippen LogP contribution is -2.43.